The third kappa shape index (κ3) is 1.90. The van der Waals surface area contributed by atoms with Crippen molar-refractivity contribution in [2.75, 3.05) is 6.26 Å². The van der Waals surface area contributed by atoms with Crippen LogP contribution in [0.15, 0.2) is 26.9 Å². The van der Waals surface area contributed by atoms with Crippen molar-refractivity contribution in [1.82, 2.24) is 0 Å². The van der Waals surface area contributed by atoms with Gasteiger partial charge in [0.15, 0.2) is 0 Å². The van der Waals surface area contributed by atoms with E-state index in [1.807, 2.05) is 11.8 Å². The van der Waals surface area contributed by atoms with E-state index in [4.69, 9.17) is 0 Å². The summed E-state index contributed by atoms with van der Waals surface area (Å²) in [7, 11) is 0. The molecule has 2 rings (SSSR count). The van der Waals surface area contributed by atoms with Gasteiger partial charge in [-0.1, -0.05) is 15.9 Å². The number of hydrogen-bond donors (Lipinski definition) is 0. The summed E-state index contributed by atoms with van der Waals surface area (Å²) in [5.41, 5.74) is 1.33. The molecule has 0 fully saturated rings. The summed E-state index contributed by atoms with van der Waals surface area (Å²) in [6, 6.07) is 4.50. The normalized spacial score (nSPS) is 11.1. The molecule has 0 saturated heterocycles. The van der Waals surface area contributed by atoms with Crippen LogP contribution in [0.1, 0.15) is 5.56 Å². The molecule has 0 aliphatic heterocycles. The predicted molar refractivity (Wildman–Crippen MR) is 73.9 cm³/mol. The highest BCUT2D eigenvalue weighted by Gasteiger charge is 2.07. The first-order chi connectivity index (χ1) is 6.76. The molecule has 0 aliphatic carbocycles. The Balaban J connectivity index is 2.76. The molecule has 74 valence electrons. The van der Waals surface area contributed by atoms with E-state index in [0.29, 0.717) is 0 Å². The molecule has 0 atom stereocenters. The van der Waals surface area contributed by atoms with Gasteiger partial charge in [-0.15, -0.1) is 23.1 Å². The highest BCUT2D eigenvalue weighted by atomic mass is 79.9. The third-order valence-electron chi connectivity index (χ3n) is 2.03. The van der Waals surface area contributed by atoms with Crippen molar-refractivity contribution in [3.63, 3.8) is 0 Å². The molecular formula is C10H8Br2S2. The molecule has 1 aromatic carbocycles. The van der Waals surface area contributed by atoms with Gasteiger partial charge in [-0.3, -0.25) is 0 Å². The van der Waals surface area contributed by atoms with Crippen LogP contribution in [-0.4, -0.2) is 6.26 Å². The maximum absolute atomic E-state index is 3.58. The van der Waals surface area contributed by atoms with Gasteiger partial charge in [-0.2, -0.15) is 0 Å². The fourth-order valence-corrected chi connectivity index (χ4v) is 4.19. The van der Waals surface area contributed by atoms with Crippen molar-refractivity contribution in [1.29, 1.82) is 0 Å². The summed E-state index contributed by atoms with van der Waals surface area (Å²) in [4.78, 5) is 1.37. The van der Waals surface area contributed by atoms with Gasteiger partial charge in [0.2, 0.25) is 0 Å². The Morgan fingerprint density at radius 3 is 2.86 bits per heavy atom. The van der Waals surface area contributed by atoms with Crippen LogP contribution in [0.3, 0.4) is 0 Å². The molecule has 0 saturated carbocycles. The summed E-state index contributed by atoms with van der Waals surface area (Å²) < 4.78 is 2.59. The lowest BCUT2D eigenvalue weighted by molar-refractivity contribution is 1.40. The summed E-state index contributed by atoms with van der Waals surface area (Å²) in [6.07, 6.45) is 2.13. The van der Waals surface area contributed by atoms with Crippen LogP contribution in [0.4, 0.5) is 0 Å². The van der Waals surface area contributed by atoms with Crippen molar-refractivity contribution < 1.29 is 0 Å². The number of thiophene rings is 1. The molecule has 0 nitrogen and oxygen atoms in total. The van der Waals surface area contributed by atoms with Gasteiger partial charge in [0.05, 0.1) is 0 Å². The first-order valence-corrected chi connectivity index (χ1v) is 8.07. The molecule has 0 N–H and O–H groups in total. The number of halogens is 2. The maximum atomic E-state index is 3.58. The number of thioether (sulfide) groups is 1. The Kier molecular flexibility index (Phi) is 3.58. The minimum absolute atomic E-state index is 0.915. The van der Waals surface area contributed by atoms with Crippen LogP contribution in [0, 0.1) is 0 Å². The number of fused-ring (bicyclic) bond motifs is 1. The first kappa shape index (κ1) is 11.0. The molecule has 0 unspecified atom stereocenters. The van der Waals surface area contributed by atoms with Crippen LogP contribution in [0.25, 0.3) is 10.1 Å². The van der Waals surface area contributed by atoms with Gasteiger partial charge in [0.1, 0.15) is 0 Å². The highest BCUT2D eigenvalue weighted by Crippen LogP contribution is 2.37. The number of alkyl halides is 1. The molecule has 2 aromatic rings. The third-order valence-corrected chi connectivity index (χ3v) is 5.55. The molecule has 0 spiro atoms. The molecule has 0 bridgehead atoms. The standard InChI is InChI=1S/C10H8Br2S2/c1-13-9-3-6(4-11)2-7-8(12)5-14-10(7)9/h2-3,5H,4H2,1H3. The molecule has 14 heavy (non-hydrogen) atoms. The average molecular weight is 352 g/mol. The lowest BCUT2D eigenvalue weighted by Gasteiger charge is -2.02. The quantitative estimate of drug-likeness (QED) is 0.523. The average Bonchev–Trinajstić information content (AvgIpc) is 2.59. The van der Waals surface area contributed by atoms with Crippen LogP contribution >= 0.6 is 55.0 Å². The van der Waals surface area contributed by atoms with E-state index in [9.17, 15) is 0 Å². The minimum Gasteiger partial charge on any atom is -0.141 e. The number of benzene rings is 1. The SMILES string of the molecule is CSc1cc(CBr)cc2c(Br)csc12. The topological polar surface area (TPSA) is 0 Å². The Labute approximate surface area is 108 Å². The fourth-order valence-electron chi connectivity index (χ4n) is 1.36. The zero-order valence-corrected chi connectivity index (χ0v) is 12.3. The van der Waals surface area contributed by atoms with Crippen LogP contribution in [0.2, 0.25) is 0 Å². The monoisotopic (exact) mass is 350 g/mol. The van der Waals surface area contributed by atoms with E-state index in [1.54, 1.807) is 11.3 Å². The first-order valence-electron chi connectivity index (χ1n) is 4.06. The van der Waals surface area contributed by atoms with Gasteiger partial charge in [-0.25, -0.2) is 0 Å². The fraction of sp³-hybridized carbons (Fsp3) is 0.200. The van der Waals surface area contributed by atoms with E-state index in [1.165, 1.54) is 25.0 Å². The van der Waals surface area contributed by atoms with E-state index >= 15 is 0 Å². The molecule has 0 amide bonds. The second kappa shape index (κ2) is 4.56. The Morgan fingerprint density at radius 2 is 2.21 bits per heavy atom. The summed E-state index contributed by atoms with van der Waals surface area (Å²) >= 11 is 10.7. The molecule has 1 heterocycles. The van der Waals surface area contributed by atoms with Crippen molar-refractivity contribution in [2.24, 2.45) is 0 Å². The predicted octanol–water partition coefficient (Wildman–Crippen LogP) is 5.28. The summed E-state index contributed by atoms with van der Waals surface area (Å²) in [6.45, 7) is 0. The molecule has 1 aromatic heterocycles. The van der Waals surface area contributed by atoms with E-state index in [2.05, 4.69) is 55.6 Å². The van der Waals surface area contributed by atoms with Crippen molar-refractivity contribution in [2.45, 2.75) is 10.2 Å². The smallest absolute Gasteiger partial charge is 0.0490 e. The van der Waals surface area contributed by atoms with Crippen LogP contribution in [-0.2, 0) is 5.33 Å². The largest absolute Gasteiger partial charge is 0.141 e. The van der Waals surface area contributed by atoms with Crippen molar-refractivity contribution in [3.8, 4) is 0 Å². The summed E-state index contributed by atoms with van der Waals surface area (Å²) in [5.74, 6) is 0. The van der Waals surface area contributed by atoms with Gasteiger partial charge < -0.3 is 0 Å². The molecular weight excluding hydrogens is 344 g/mol. The number of hydrogen-bond acceptors (Lipinski definition) is 2. The second-order valence-corrected chi connectivity index (χ2v) is 6.03. The van der Waals surface area contributed by atoms with Gasteiger partial charge in [0, 0.05) is 30.2 Å². The van der Waals surface area contributed by atoms with Crippen LogP contribution in [0.5, 0.6) is 0 Å². The Morgan fingerprint density at radius 1 is 1.43 bits per heavy atom. The number of rotatable bonds is 2. The van der Waals surface area contributed by atoms with Gasteiger partial charge >= 0.3 is 0 Å². The maximum Gasteiger partial charge on any atom is 0.0490 e. The van der Waals surface area contributed by atoms with Crippen molar-refractivity contribution >= 4 is 65.0 Å². The van der Waals surface area contributed by atoms with E-state index in [-0.39, 0.29) is 0 Å². The lowest BCUT2D eigenvalue weighted by Crippen LogP contribution is -1.79. The lowest BCUT2D eigenvalue weighted by atomic mass is 10.2. The molecule has 0 radical (unpaired) electrons. The zero-order valence-electron chi connectivity index (χ0n) is 7.51. The van der Waals surface area contributed by atoms with Gasteiger partial charge in [-0.05, 0) is 39.9 Å². The highest BCUT2D eigenvalue weighted by molar-refractivity contribution is 9.10. The second-order valence-electron chi connectivity index (χ2n) is 2.89. The Hall–Kier alpha value is 0.490. The van der Waals surface area contributed by atoms with E-state index < -0.39 is 0 Å². The Bertz CT molecular complexity index is 462. The molecule has 0 aliphatic rings. The molecule has 4 heteroatoms. The zero-order chi connectivity index (χ0) is 10.1. The van der Waals surface area contributed by atoms with Crippen molar-refractivity contribution in [3.05, 3.63) is 27.5 Å². The van der Waals surface area contributed by atoms with Gasteiger partial charge in [0.25, 0.3) is 0 Å². The summed E-state index contributed by atoms with van der Waals surface area (Å²) in [5, 5.41) is 4.40. The van der Waals surface area contributed by atoms with Crippen LogP contribution < -0.4 is 0 Å². The van der Waals surface area contributed by atoms with E-state index in [0.717, 1.165) is 5.33 Å². The minimum atomic E-state index is 0.915.